The minimum Gasteiger partial charge on any atom is -0.493 e. The molecule has 30 heavy (non-hydrogen) atoms. The molecule has 5 nitrogen and oxygen atoms in total. The summed E-state index contributed by atoms with van der Waals surface area (Å²) in [6.45, 7) is 2.06. The lowest BCUT2D eigenvalue weighted by Crippen LogP contribution is -1.98. The molecule has 0 saturated carbocycles. The number of carbonyl (C=O) groups is 1. The highest BCUT2D eigenvalue weighted by molar-refractivity contribution is 6.05. The van der Waals surface area contributed by atoms with Crippen molar-refractivity contribution in [3.8, 4) is 17.2 Å². The van der Waals surface area contributed by atoms with Gasteiger partial charge in [0.25, 0.3) is 0 Å². The zero-order chi connectivity index (χ0) is 21.3. The van der Waals surface area contributed by atoms with Crippen molar-refractivity contribution >= 4 is 28.6 Å². The number of cyclic esters (lactones) is 1. The Labute approximate surface area is 175 Å². The highest BCUT2D eigenvalue weighted by atomic mass is 16.5. The summed E-state index contributed by atoms with van der Waals surface area (Å²) >= 11 is 0. The summed E-state index contributed by atoms with van der Waals surface area (Å²) in [7, 11) is 4.65. The van der Waals surface area contributed by atoms with Crippen molar-refractivity contribution in [2.75, 3.05) is 21.3 Å². The topological polar surface area (TPSA) is 54.0 Å². The minimum absolute atomic E-state index is 0.400. The van der Waals surface area contributed by atoms with Gasteiger partial charge in [-0.05, 0) is 53.6 Å². The molecular formula is C25H22O5. The normalized spacial score (nSPS) is 14.6. The van der Waals surface area contributed by atoms with Crippen molar-refractivity contribution < 1.29 is 23.7 Å². The molecular weight excluding hydrogens is 380 g/mol. The van der Waals surface area contributed by atoms with Gasteiger partial charge in [0, 0.05) is 5.56 Å². The average molecular weight is 402 g/mol. The van der Waals surface area contributed by atoms with Gasteiger partial charge in [0.15, 0.2) is 11.5 Å². The van der Waals surface area contributed by atoms with Crippen LogP contribution in [0.25, 0.3) is 22.6 Å². The van der Waals surface area contributed by atoms with Gasteiger partial charge in [-0.2, -0.15) is 0 Å². The summed E-state index contributed by atoms with van der Waals surface area (Å²) in [6.07, 6.45) is 3.49. The lowest BCUT2D eigenvalue weighted by molar-refractivity contribution is -0.130. The zero-order valence-electron chi connectivity index (χ0n) is 17.3. The Morgan fingerprint density at radius 3 is 2.17 bits per heavy atom. The fourth-order valence-electron chi connectivity index (χ4n) is 3.51. The van der Waals surface area contributed by atoms with Gasteiger partial charge in [-0.1, -0.05) is 35.9 Å². The molecule has 0 aliphatic carbocycles. The van der Waals surface area contributed by atoms with Crippen molar-refractivity contribution in [3.63, 3.8) is 0 Å². The standard InChI is InChI=1S/C25H22O5/c1-15-5-6-18-13-19(8-7-17(18)9-15)21-14-20(25(26)30-21)10-16-11-22(27-2)24(29-4)23(12-16)28-3/h5-14H,1-4H3/b20-10+. The molecule has 4 rings (SSSR count). The van der Waals surface area contributed by atoms with Crippen LogP contribution >= 0.6 is 0 Å². The molecule has 0 atom stereocenters. The highest BCUT2D eigenvalue weighted by Crippen LogP contribution is 2.39. The first-order valence-corrected chi connectivity index (χ1v) is 9.48. The van der Waals surface area contributed by atoms with E-state index in [4.69, 9.17) is 18.9 Å². The Kier molecular flexibility index (Phi) is 5.19. The highest BCUT2D eigenvalue weighted by Gasteiger charge is 2.23. The molecule has 152 valence electrons. The second-order valence-corrected chi connectivity index (χ2v) is 7.02. The van der Waals surface area contributed by atoms with Gasteiger partial charge >= 0.3 is 5.97 Å². The van der Waals surface area contributed by atoms with Gasteiger partial charge in [0.2, 0.25) is 5.75 Å². The maximum atomic E-state index is 12.5. The predicted molar refractivity (Wildman–Crippen MR) is 117 cm³/mol. The van der Waals surface area contributed by atoms with Gasteiger partial charge in [-0.3, -0.25) is 0 Å². The van der Waals surface area contributed by atoms with Crippen LogP contribution in [-0.4, -0.2) is 27.3 Å². The van der Waals surface area contributed by atoms with E-state index >= 15 is 0 Å². The molecule has 3 aromatic rings. The zero-order valence-corrected chi connectivity index (χ0v) is 17.3. The molecule has 5 heteroatoms. The molecule has 0 spiro atoms. The fraction of sp³-hybridized carbons (Fsp3) is 0.160. The minimum atomic E-state index is -0.400. The molecule has 0 unspecified atom stereocenters. The summed E-state index contributed by atoms with van der Waals surface area (Å²) in [4.78, 5) is 12.5. The van der Waals surface area contributed by atoms with Crippen LogP contribution in [-0.2, 0) is 9.53 Å². The average Bonchev–Trinajstić information content (AvgIpc) is 3.12. The van der Waals surface area contributed by atoms with Crippen LogP contribution in [0.4, 0.5) is 0 Å². The van der Waals surface area contributed by atoms with E-state index in [1.165, 1.54) is 5.56 Å². The summed E-state index contributed by atoms with van der Waals surface area (Å²) in [5.41, 5.74) is 3.25. The number of esters is 1. The molecule has 3 aromatic carbocycles. The lowest BCUT2D eigenvalue weighted by Gasteiger charge is -2.12. The number of aryl methyl sites for hydroxylation is 1. The lowest BCUT2D eigenvalue weighted by atomic mass is 10.0. The van der Waals surface area contributed by atoms with Crippen LogP contribution in [0.5, 0.6) is 17.2 Å². The molecule has 0 amide bonds. The second-order valence-electron chi connectivity index (χ2n) is 7.02. The van der Waals surface area contributed by atoms with Crippen LogP contribution in [0, 0.1) is 6.92 Å². The number of rotatable bonds is 5. The Hall–Kier alpha value is -3.73. The van der Waals surface area contributed by atoms with Crippen LogP contribution < -0.4 is 14.2 Å². The SMILES string of the molecule is COc1cc(/C=C2\C=C(c3ccc4cc(C)ccc4c3)OC2=O)cc(OC)c1OC. The molecule has 0 radical (unpaired) electrons. The van der Waals surface area contributed by atoms with Crippen molar-refractivity contribution in [3.05, 3.63) is 76.9 Å². The smallest absolute Gasteiger partial charge is 0.343 e. The first-order valence-electron chi connectivity index (χ1n) is 9.48. The summed E-state index contributed by atoms with van der Waals surface area (Å²) < 4.78 is 21.6. The molecule has 0 aromatic heterocycles. The first-order chi connectivity index (χ1) is 14.5. The molecule has 1 heterocycles. The third-order valence-electron chi connectivity index (χ3n) is 5.01. The van der Waals surface area contributed by atoms with E-state index in [1.54, 1.807) is 45.6 Å². The first kappa shape index (κ1) is 19.6. The number of methoxy groups -OCH3 is 3. The van der Waals surface area contributed by atoms with E-state index in [2.05, 4.69) is 25.1 Å². The Balaban J connectivity index is 1.72. The van der Waals surface area contributed by atoms with Crippen molar-refractivity contribution in [1.29, 1.82) is 0 Å². The van der Waals surface area contributed by atoms with E-state index in [0.29, 0.717) is 28.6 Å². The van der Waals surface area contributed by atoms with E-state index in [0.717, 1.165) is 21.9 Å². The molecule has 0 fully saturated rings. The molecule has 0 bridgehead atoms. The van der Waals surface area contributed by atoms with Crippen LogP contribution in [0.1, 0.15) is 16.7 Å². The molecule has 1 aliphatic heterocycles. The quantitative estimate of drug-likeness (QED) is 0.436. The van der Waals surface area contributed by atoms with Crippen LogP contribution in [0.2, 0.25) is 0 Å². The Morgan fingerprint density at radius 2 is 1.50 bits per heavy atom. The van der Waals surface area contributed by atoms with Gasteiger partial charge < -0.3 is 18.9 Å². The van der Waals surface area contributed by atoms with Gasteiger partial charge in [-0.25, -0.2) is 4.79 Å². The Bertz CT molecular complexity index is 1180. The number of hydrogen-bond donors (Lipinski definition) is 0. The van der Waals surface area contributed by atoms with Gasteiger partial charge in [-0.15, -0.1) is 0 Å². The number of hydrogen-bond acceptors (Lipinski definition) is 5. The third-order valence-corrected chi connectivity index (χ3v) is 5.01. The Morgan fingerprint density at radius 1 is 0.833 bits per heavy atom. The molecule has 0 N–H and O–H groups in total. The van der Waals surface area contributed by atoms with Crippen LogP contribution in [0.15, 0.2) is 60.2 Å². The number of ether oxygens (including phenoxy) is 4. The number of benzene rings is 3. The predicted octanol–water partition coefficient (Wildman–Crippen LogP) is 5.16. The van der Waals surface area contributed by atoms with E-state index in [-0.39, 0.29) is 0 Å². The van der Waals surface area contributed by atoms with Crippen molar-refractivity contribution in [2.45, 2.75) is 6.92 Å². The van der Waals surface area contributed by atoms with E-state index < -0.39 is 5.97 Å². The number of carbonyl (C=O) groups excluding carboxylic acids is 1. The third kappa shape index (κ3) is 3.62. The monoisotopic (exact) mass is 402 g/mol. The maximum Gasteiger partial charge on any atom is 0.343 e. The van der Waals surface area contributed by atoms with Crippen molar-refractivity contribution in [2.24, 2.45) is 0 Å². The molecule has 1 aliphatic rings. The largest absolute Gasteiger partial charge is 0.493 e. The van der Waals surface area contributed by atoms with Gasteiger partial charge in [0.05, 0.1) is 26.9 Å². The maximum absolute atomic E-state index is 12.5. The summed E-state index contributed by atoms with van der Waals surface area (Å²) in [5, 5.41) is 2.24. The number of fused-ring (bicyclic) bond motifs is 1. The molecule has 0 saturated heterocycles. The van der Waals surface area contributed by atoms with Crippen molar-refractivity contribution in [1.82, 2.24) is 0 Å². The van der Waals surface area contributed by atoms with Gasteiger partial charge in [0.1, 0.15) is 5.76 Å². The van der Waals surface area contributed by atoms with E-state index in [1.807, 2.05) is 18.2 Å². The van der Waals surface area contributed by atoms with Crippen LogP contribution in [0.3, 0.4) is 0 Å². The summed E-state index contributed by atoms with van der Waals surface area (Å²) in [5.74, 6) is 1.66. The summed E-state index contributed by atoms with van der Waals surface area (Å²) in [6, 6.07) is 15.9. The fourth-order valence-corrected chi connectivity index (χ4v) is 3.51. The van der Waals surface area contributed by atoms with E-state index in [9.17, 15) is 4.79 Å². The second kappa shape index (κ2) is 7.95.